The van der Waals surface area contributed by atoms with Gasteiger partial charge in [-0.25, -0.2) is 0 Å². The van der Waals surface area contributed by atoms with Gasteiger partial charge in [-0.2, -0.15) is 0 Å². The molecular weight excluding hydrogens is 204 g/mol. The van der Waals surface area contributed by atoms with Gasteiger partial charge in [0.2, 0.25) is 0 Å². The summed E-state index contributed by atoms with van der Waals surface area (Å²) in [5.41, 5.74) is 0. The highest BCUT2D eigenvalue weighted by atomic mass is 16.5. The van der Waals surface area contributed by atoms with Crippen molar-refractivity contribution in [1.82, 2.24) is 10.2 Å². The molecule has 1 aliphatic carbocycles. The summed E-state index contributed by atoms with van der Waals surface area (Å²) in [6.45, 7) is 3.79. The summed E-state index contributed by atoms with van der Waals surface area (Å²) in [6, 6.07) is 0.973. The van der Waals surface area contributed by atoms with Crippen LogP contribution in [0.15, 0.2) is 0 Å². The van der Waals surface area contributed by atoms with E-state index in [1.54, 1.807) is 7.11 Å². The van der Waals surface area contributed by atoms with Gasteiger partial charge < -0.3 is 15.0 Å². The fourth-order valence-electron chi connectivity index (χ4n) is 2.29. The van der Waals surface area contributed by atoms with Crippen LogP contribution in [0, 0.1) is 0 Å². The summed E-state index contributed by atoms with van der Waals surface area (Å²) in [7, 11) is 1.60. The Morgan fingerprint density at radius 1 is 1.50 bits per heavy atom. The second-order valence-corrected chi connectivity index (χ2v) is 4.89. The van der Waals surface area contributed by atoms with Gasteiger partial charge in [0.05, 0.1) is 0 Å². The third-order valence-electron chi connectivity index (χ3n) is 3.55. The smallest absolute Gasteiger partial charge is 0.251 e. The maximum Gasteiger partial charge on any atom is 0.251 e. The summed E-state index contributed by atoms with van der Waals surface area (Å²) in [4.78, 5) is 14.1. The Bertz CT molecular complexity index is 247. The fraction of sp³-hybridized carbons (Fsp3) is 0.917. The predicted molar refractivity (Wildman–Crippen MR) is 62.2 cm³/mol. The summed E-state index contributed by atoms with van der Waals surface area (Å²) < 4.78 is 5.12. The van der Waals surface area contributed by atoms with Gasteiger partial charge in [-0.1, -0.05) is 0 Å². The summed E-state index contributed by atoms with van der Waals surface area (Å²) in [5, 5.41) is 3.45. The lowest BCUT2D eigenvalue weighted by molar-refractivity contribution is -0.141. The lowest BCUT2D eigenvalue weighted by Crippen LogP contribution is -2.46. The summed E-state index contributed by atoms with van der Waals surface area (Å²) >= 11 is 0. The lowest BCUT2D eigenvalue weighted by atomic mass is 10.2. The Hall–Kier alpha value is -0.610. The van der Waals surface area contributed by atoms with Crippen LogP contribution in [0.3, 0.4) is 0 Å². The minimum atomic E-state index is -0.304. The molecule has 2 atom stereocenters. The maximum atomic E-state index is 12.1. The van der Waals surface area contributed by atoms with Gasteiger partial charge in [-0.3, -0.25) is 4.79 Å². The zero-order chi connectivity index (χ0) is 11.5. The van der Waals surface area contributed by atoms with Crippen LogP contribution in [0.25, 0.3) is 0 Å². The third-order valence-corrected chi connectivity index (χ3v) is 3.55. The minimum absolute atomic E-state index is 0.152. The van der Waals surface area contributed by atoms with Crippen molar-refractivity contribution in [3.63, 3.8) is 0 Å². The number of hydrogen-bond acceptors (Lipinski definition) is 3. The molecule has 0 spiro atoms. The minimum Gasteiger partial charge on any atom is -0.372 e. The third kappa shape index (κ3) is 2.74. The maximum absolute atomic E-state index is 12.1. The molecular formula is C12H22N2O2. The first-order valence-electron chi connectivity index (χ1n) is 6.29. The van der Waals surface area contributed by atoms with Gasteiger partial charge in [-0.15, -0.1) is 0 Å². The average Bonchev–Trinajstić information content (AvgIpc) is 3.01. The van der Waals surface area contributed by atoms with Crippen LogP contribution in [-0.4, -0.2) is 49.2 Å². The Labute approximate surface area is 97.3 Å². The molecule has 0 radical (unpaired) electrons. The van der Waals surface area contributed by atoms with Crippen LogP contribution in [0.5, 0.6) is 0 Å². The first kappa shape index (κ1) is 11.9. The first-order valence-corrected chi connectivity index (χ1v) is 6.29. The molecule has 0 unspecified atom stereocenters. The highest BCUT2D eigenvalue weighted by Crippen LogP contribution is 2.28. The van der Waals surface area contributed by atoms with Crippen LogP contribution in [0.4, 0.5) is 0 Å². The van der Waals surface area contributed by atoms with Gasteiger partial charge in [0.1, 0.15) is 6.10 Å². The normalized spacial score (nSPS) is 26.8. The fourth-order valence-corrected chi connectivity index (χ4v) is 2.29. The second kappa shape index (κ2) is 5.15. The molecule has 0 aromatic heterocycles. The highest BCUT2D eigenvalue weighted by Gasteiger charge is 2.36. The Morgan fingerprint density at radius 2 is 2.25 bits per heavy atom. The van der Waals surface area contributed by atoms with E-state index in [1.807, 2.05) is 11.8 Å². The molecule has 16 heavy (non-hydrogen) atoms. The number of methoxy groups -OCH3 is 1. The summed E-state index contributed by atoms with van der Waals surface area (Å²) in [6.07, 6.45) is 4.45. The van der Waals surface area contributed by atoms with E-state index in [1.165, 1.54) is 12.8 Å². The molecule has 1 saturated heterocycles. The monoisotopic (exact) mass is 226 g/mol. The zero-order valence-electron chi connectivity index (χ0n) is 10.2. The van der Waals surface area contributed by atoms with Crippen LogP contribution in [-0.2, 0) is 9.53 Å². The molecule has 0 aromatic carbocycles. The van der Waals surface area contributed by atoms with Gasteiger partial charge in [0, 0.05) is 25.7 Å². The van der Waals surface area contributed by atoms with Crippen molar-refractivity contribution in [2.45, 2.75) is 50.8 Å². The van der Waals surface area contributed by atoms with Crippen molar-refractivity contribution in [2.75, 3.05) is 20.2 Å². The van der Waals surface area contributed by atoms with Crippen molar-refractivity contribution >= 4 is 5.91 Å². The number of nitrogens with one attached hydrogen (secondary N) is 1. The van der Waals surface area contributed by atoms with Crippen molar-refractivity contribution in [3.05, 3.63) is 0 Å². The lowest BCUT2D eigenvalue weighted by Gasteiger charge is -2.28. The molecule has 4 heteroatoms. The summed E-state index contributed by atoms with van der Waals surface area (Å²) in [5.74, 6) is 0.152. The van der Waals surface area contributed by atoms with Gasteiger partial charge in [-0.05, 0) is 39.2 Å². The van der Waals surface area contributed by atoms with E-state index in [0.717, 1.165) is 25.9 Å². The van der Waals surface area contributed by atoms with Gasteiger partial charge >= 0.3 is 0 Å². The molecule has 4 nitrogen and oxygen atoms in total. The van der Waals surface area contributed by atoms with E-state index in [2.05, 4.69) is 5.32 Å². The highest BCUT2D eigenvalue weighted by molar-refractivity contribution is 5.81. The number of rotatable bonds is 5. The Kier molecular flexibility index (Phi) is 3.82. The predicted octanol–water partition coefficient (Wildman–Crippen LogP) is 0.764. The second-order valence-electron chi connectivity index (χ2n) is 4.89. The van der Waals surface area contributed by atoms with E-state index in [4.69, 9.17) is 4.74 Å². The van der Waals surface area contributed by atoms with Crippen LogP contribution in [0.2, 0.25) is 0 Å². The number of hydrogen-bond donors (Lipinski definition) is 1. The SMILES string of the molecule is CO[C@@H](C)C(=O)N(C[C@H]1CCCN1)C1CC1. The molecule has 1 saturated carbocycles. The molecule has 2 aliphatic rings. The standard InChI is InChI=1S/C12H22N2O2/c1-9(16-2)12(15)14(11-5-6-11)8-10-4-3-7-13-10/h9-11,13H,3-8H2,1-2H3/t9-,10+/m0/s1. The van der Waals surface area contributed by atoms with E-state index < -0.39 is 0 Å². The van der Waals surface area contributed by atoms with Crippen LogP contribution in [0.1, 0.15) is 32.6 Å². The molecule has 1 N–H and O–H groups in total. The molecule has 1 heterocycles. The topological polar surface area (TPSA) is 41.6 Å². The Morgan fingerprint density at radius 3 is 2.75 bits per heavy atom. The molecule has 92 valence electrons. The van der Waals surface area contributed by atoms with Crippen LogP contribution < -0.4 is 5.32 Å². The number of amides is 1. The van der Waals surface area contributed by atoms with E-state index in [9.17, 15) is 4.79 Å². The molecule has 1 amide bonds. The van der Waals surface area contributed by atoms with Gasteiger partial charge in [0.25, 0.3) is 5.91 Å². The molecule has 2 fully saturated rings. The largest absolute Gasteiger partial charge is 0.372 e. The van der Waals surface area contributed by atoms with E-state index in [0.29, 0.717) is 12.1 Å². The van der Waals surface area contributed by atoms with Crippen molar-refractivity contribution in [1.29, 1.82) is 0 Å². The Balaban J connectivity index is 1.91. The van der Waals surface area contributed by atoms with Crippen molar-refractivity contribution in [3.8, 4) is 0 Å². The number of ether oxygens (including phenoxy) is 1. The van der Waals surface area contributed by atoms with E-state index >= 15 is 0 Å². The number of nitrogens with zero attached hydrogens (tertiary/aromatic N) is 1. The number of carbonyl (C=O) groups excluding carboxylic acids is 1. The van der Waals surface area contributed by atoms with Crippen molar-refractivity contribution < 1.29 is 9.53 Å². The molecule has 2 rings (SSSR count). The first-order chi connectivity index (χ1) is 7.72. The van der Waals surface area contributed by atoms with E-state index in [-0.39, 0.29) is 12.0 Å². The van der Waals surface area contributed by atoms with Gasteiger partial charge in [0.15, 0.2) is 0 Å². The molecule has 0 bridgehead atoms. The molecule has 1 aliphatic heterocycles. The number of carbonyl (C=O) groups is 1. The molecule has 0 aromatic rings. The van der Waals surface area contributed by atoms with Crippen molar-refractivity contribution in [2.24, 2.45) is 0 Å². The van der Waals surface area contributed by atoms with Crippen LogP contribution >= 0.6 is 0 Å². The average molecular weight is 226 g/mol. The quantitative estimate of drug-likeness (QED) is 0.752. The zero-order valence-corrected chi connectivity index (χ0v) is 10.2.